The highest BCUT2D eigenvalue weighted by Gasteiger charge is 2.03. The van der Waals surface area contributed by atoms with Crippen LogP contribution < -0.4 is 0 Å². The summed E-state index contributed by atoms with van der Waals surface area (Å²) in [5.41, 5.74) is 1.02. The van der Waals surface area contributed by atoms with Crippen LogP contribution in [0, 0.1) is 10.5 Å². The molecule has 2 rings (SSSR count). The van der Waals surface area contributed by atoms with Crippen molar-refractivity contribution in [3.8, 4) is 11.3 Å². The molecule has 0 aliphatic carbocycles. The second kappa shape index (κ2) is 3.67. The van der Waals surface area contributed by atoms with Gasteiger partial charge in [0.05, 0.1) is 5.69 Å². The maximum atomic E-state index is 13.3. The molecule has 14 heavy (non-hydrogen) atoms. The largest absolute Gasteiger partial charge is 0.267 e. The van der Waals surface area contributed by atoms with Crippen LogP contribution in [0.15, 0.2) is 36.4 Å². The molecule has 0 atom stereocenters. The summed E-state index contributed by atoms with van der Waals surface area (Å²) < 4.78 is 13.8. The van der Waals surface area contributed by atoms with Crippen LogP contribution in [0.2, 0.25) is 0 Å². The van der Waals surface area contributed by atoms with Crippen molar-refractivity contribution >= 4 is 12.2 Å². The topological polar surface area (TPSA) is 28.7 Å². The average Bonchev–Trinajstić information content (AvgIpc) is 2.20. The lowest BCUT2D eigenvalue weighted by atomic mass is 10.1. The third-order valence-corrected chi connectivity index (χ3v) is 2.06. The molecular weight excluding hydrogens is 199 g/mol. The van der Waals surface area contributed by atoms with E-state index in [1.807, 2.05) is 0 Å². The van der Waals surface area contributed by atoms with Crippen molar-refractivity contribution in [2.45, 2.75) is 0 Å². The fraction of sp³-hybridized carbons (Fsp3) is 0. The molecule has 0 saturated carbocycles. The Bertz CT molecular complexity index is 487. The van der Waals surface area contributed by atoms with E-state index in [-0.39, 0.29) is 5.82 Å². The van der Waals surface area contributed by atoms with E-state index in [0.29, 0.717) is 15.9 Å². The first-order chi connectivity index (χ1) is 6.77. The minimum atomic E-state index is -0.287. The Balaban J connectivity index is 2.55. The highest BCUT2D eigenvalue weighted by molar-refractivity contribution is 7.71. The van der Waals surface area contributed by atoms with Crippen LogP contribution in [0.5, 0.6) is 0 Å². The summed E-state index contributed by atoms with van der Waals surface area (Å²) in [5, 5.41) is 6.56. The van der Waals surface area contributed by atoms with Crippen molar-refractivity contribution in [3.63, 3.8) is 0 Å². The molecule has 1 heterocycles. The third kappa shape index (κ3) is 1.70. The summed E-state index contributed by atoms with van der Waals surface area (Å²) in [6.07, 6.45) is 0. The fourth-order valence-corrected chi connectivity index (χ4v) is 1.28. The van der Waals surface area contributed by atoms with E-state index in [4.69, 9.17) is 12.2 Å². The van der Waals surface area contributed by atoms with Crippen LogP contribution >= 0.6 is 12.2 Å². The normalized spacial score (nSPS) is 10.1. The summed E-state index contributed by atoms with van der Waals surface area (Å²) in [6, 6.07) is 9.86. The van der Waals surface area contributed by atoms with Gasteiger partial charge in [0, 0.05) is 5.56 Å². The number of rotatable bonds is 1. The molecular formula is C10H7FN2S. The molecule has 0 aliphatic heterocycles. The molecule has 0 radical (unpaired) electrons. The zero-order chi connectivity index (χ0) is 9.97. The number of hydrogen-bond acceptors (Lipinski definition) is 2. The van der Waals surface area contributed by atoms with Crippen molar-refractivity contribution in [1.29, 1.82) is 0 Å². The van der Waals surface area contributed by atoms with Gasteiger partial charge in [-0.15, -0.1) is 0 Å². The smallest absolute Gasteiger partial charge is 0.132 e. The van der Waals surface area contributed by atoms with Crippen LogP contribution in [0.25, 0.3) is 11.3 Å². The number of halogens is 1. The Morgan fingerprint density at radius 1 is 1.14 bits per heavy atom. The van der Waals surface area contributed by atoms with Crippen LogP contribution in [0.3, 0.4) is 0 Å². The molecule has 2 aromatic rings. The van der Waals surface area contributed by atoms with Gasteiger partial charge in [-0.05, 0) is 24.3 Å². The maximum Gasteiger partial charge on any atom is 0.132 e. The second-order valence-electron chi connectivity index (χ2n) is 2.79. The van der Waals surface area contributed by atoms with Crippen LogP contribution in [0.4, 0.5) is 4.39 Å². The predicted molar refractivity (Wildman–Crippen MR) is 54.8 cm³/mol. The Kier molecular flexibility index (Phi) is 2.37. The number of benzene rings is 1. The molecule has 2 nitrogen and oxygen atoms in total. The molecule has 1 aromatic carbocycles. The number of aromatic nitrogens is 2. The highest BCUT2D eigenvalue weighted by Crippen LogP contribution is 2.18. The fourth-order valence-electron chi connectivity index (χ4n) is 1.16. The Hall–Kier alpha value is -1.55. The van der Waals surface area contributed by atoms with Crippen molar-refractivity contribution in [2.75, 3.05) is 0 Å². The minimum Gasteiger partial charge on any atom is -0.267 e. The summed E-state index contributed by atoms with van der Waals surface area (Å²) in [5.74, 6) is -0.287. The summed E-state index contributed by atoms with van der Waals surface area (Å²) in [7, 11) is 0. The van der Waals surface area contributed by atoms with Gasteiger partial charge in [0.2, 0.25) is 0 Å². The number of nitrogens with one attached hydrogen (secondary N) is 1. The van der Waals surface area contributed by atoms with Gasteiger partial charge in [-0.25, -0.2) is 4.39 Å². The first-order valence-electron chi connectivity index (χ1n) is 4.08. The SMILES string of the molecule is Fc1ccccc1-c1ccc(=S)[nH]n1. The van der Waals surface area contributed by atoms with Crippen LogP contribution in [-0.2, 0) is 0 Å². The van der Waals surface area contributed by atoms with Gasteiger partial charge >= 0.3 is 0 Å². The van der Waals surface area contributed by atoms with E-state index >= 15 is 0 Å². The molecule has 0 fully saturated rings. The molecule has 0 amide bonds. The molecule has 70 valence electrons. The molecule has 4 heteroatoms. The number of aromatic amines is 1. The number of nitrogens with zero attached hydrogens (tertiary/aromatic N) is 1. The summed E-state index contributed by atoms with van der Waals surface area (Å²) in [4.78, 5) is 0. The van der Waals surface area contributed by atoms with E-state index in [2.05, 4.69) is 10.2 Å². The van der Waals surface area contributed by atoms with Gasteiger partial charge in [-0.2, -0.15) is 5.10 Å². The molecule has 0 aliphatic rings. The molecule has 0 bridgehead atoms. The van der Waals surface area contributed by atoms with Crippen molar-refractivity contribution in [3.05, 3.63) is 46.9 Å². The Morgan fingerprint density at radius 2 is 1.93 bits per heavy atom. The highest BCUT2D eigenvalue weighted by atomic mass is 32.1. The Morgan fingerprint density at radius 3 is 2.57 bits per heavy atom. The van der Waals surface area contributed by atoms with Gasteiger partial charge in [-0.3, -0.25) is 5.10 Å². The molecule has 0 saturated heterocycles. The van der Waals surface area contributed by atoms with E-state index in [1.165, 1.54) is 6.07 Å². The maximum absolute atomic E-state index is 13.3. The van der Waals surface area contributed by atoms with E-state index in [1.54, 1.807) is 30.3 Å². The second-order valence-corrected chi connectivity index (χ2v) is 3.23. The first-order valence-corrected chi connectivity index (χ1v) is 4.49. The van der Waals surface area contributed by atoms with E-state index in [9.17, 15) is 4.39 Å². The van der Waals surface area contributed by atoms with Gasteiger partial charge in [0.15, 0.2) is 0 Å². The lowest BCUT2D eigenvalue weighted by Crippen LogP contribution is -1.89. The summed E-state index contributed by atoms with van der Waals surface area (Å²) in [6.45, 7) is 0. The van der Waals surface area contributed by atoms with Crippen molar-refractivity contribution in [2.24, 2.45) is 0 Å². The molecule has 1 N–H and O–H groups in total. The number of H-pyrrole nitrogens is 1. The standard InChI is InChI=1S/C10H7FN2S/c11-8-4-2-1-3-7(8)9-5-6-10(14)13-12-9/h1-6H,(H,13,14). The van der Waals surface area contributed by atoms with Crippen molar-refractivity contribution < 1.29 is 4.39 Å². The minimum absolute atomic E-state index is 0.287. The lowest BCUT2D eigenvalue weighted by Gasteiger charge is -2.00. The number of hydrogen-bond donors (Lipinski definition) is 1. The zero-order valence-corrected chi connectivity index (χ0v) is 8.01. The van der Waals surface area contributed by atoms with Gasteiger partial charge in [0.1, 0.15) is 10.5 Å². The van der Waals surface area contributed by atoms with Crippen LogP contribution in [-0.4, -0.2) is 10.2 Å². The molecule has 0 unspecified atom stereocenters. The molecule has 1 aromatic heterocycles. The van der Waals surface area contributed by atoms with Gasteiger partial charge in [-0.1, -0.05) is 24.4 Å². The zero-order valence-electron chi connectivity index (χ0n) is 7.20. The lowest BCUT2D eigenvalue weighted by molar-refractivity contribution is 0.630. The first kappa shape index (κ1) is 9.02. The molecule has 0 spiro atoms. The van der Waals surface area contributed by atoms with Gasteiger partial charge < -0.3 is 0 Å². The van der Waals surface area contributed by atoms with Gasteiger partial charge in [0.25, 0.3) is 0 Å². The predicted octanol–water partition coefficient (Wildman–Crippen LogP) is 2.95. The van der Waals surface area contributed by atoms with Crippen molar-refractivity contribution in [1.82, 2.24) is 10.2 Å². The average molecular weight is 206 g/mol. The third-order valence-electron chi connectivity index (χ3n) is 1.83. The monoisotopic (exact) mass is 206 g/mol. The quantitative estimate of drug-likeness (QED) is 0.727. The van der Waals surface area contributed by atoms with E-state index < -0.39 is 0 Å². The van der Waals surface area contributed by atoms with Crippen LogP contribution in [0.1, 0.15) is 0 Å². The van der Waals surface area contributed by atoms with E-state index in [0.717, 1.165) is 0 Å². The summed E-state index contributed by atoms with van der Waals surface area (Å²) >= 11 is 4.84. The Labute approximate surface area is 85.4 Å².